The second-order valence-corrected chi connectivity index (χ2v) is 10.7. The van der Waals surface area contributed by atoms with Gasteiger partial charge < -0.3 is 15.0 Å². The van der Waals surface area contributed by atoms with E-state index in [0.29, 0.717) is 24.4 Å². The molecule has 3 heterocycles. The summed E-state index contributed by atoms with van der Waals surface area (Å²) in [4.78, 5) is 39.7. The maximum Gasteiger partial charge on any atom is 0.415 e. The third-order valence-electron chi connectivity index (χ3n) is 7.97. The Morgan fingerprint density at radius 1 is 1.15 bits per heavy atom. The number of anilines is 2. The van der Waals surface area contributed by atoms with E-state index in [0.717, 1.165) is 49.6 Å². The average Bonchev–Trinajstić information content (AvgIpc) is 3.79. The number of nitrogens with one attached hydrogen (secondary N) is 1. The molecule has 2 aliphatic heterocycles. The molecule has 1 saturated heterocycles. The summed E-state index contributed by atoms with van der Waals surface area (Å²) in [6.07, 6.45) is 9.72. The molecule has 2 fully saturated rings. The largest absolute Gasteiger partial charge is 0.444 e. The van der Waals surface area contributed by atoms with Gasteiger partial charge in [0.2, 0.25) is 11.9 Å². The van der Waals surface area contributed by atoms with E-state index < -0.39 is 0 Å². The van der Waals surface area contributed by atoms with Crippen molar-refractivity contribution in [2.45, 2.75) is 65.1 Å². The van der Waals surface area contributed by atoms with Crippen LogP contribution >= 0.6 is 0 Å². The summed E-state index contributed by atoms with van der Waals surface area (Å²) in [5.74, 6) is 2.04. The fourth-order valence-electron chi connectivity index (χ4n) is 5.41. The lowest BCUT2D eigenvalue weighted by Gasteiger charge is -2.39. The SMILES string of the molecule is CC/C=C/C(=O)N1CCN([C@@H](CC2CC2)c2ccc([C@H](C)Nc3ncc4c(n3)N(CC)C(=O)OC4)cc2)CC1.[HH]. The molecule has 210 valence electrons. The van der Waals surface area contributed by atoms with Crippen LogP contribution in [0.3, 0.4) is 0 Å². The molecule has 1 N–H and O–H groups in total. The fraction of sp³-hybridized carbons (Fsp3) is 0.533. The number of fused-ring (bicyclic) bond motifs is 1. The van der Waals surface area contributed by atoms with E-state index in [4.69, 9.17) is 4.74 Å². The summed E-state index contributed by atoms with van der Waals surface area (Å²) >= 11 is 0. The van der Waals surface area contributed by atoms with E-state index in [1.165, 1.54) is 29.7 Å². The molecule has 1 saturated carbocycles. The molecular formula is C30H42N6O3. The van der Waals surface area contributed by atoms with Crippen LogP contribution in [0.4, 0.5) is 16.6 Å². The maximum absolute atomic E-state index is 12.4. The van der Waals surface area contributed by atoms with Crippen LogP contribution < -0.4 is 10.2 Å². The third-order valence-corrected chi connectivity index (χ3v) is 7.97. The van der Waals surface area contributed by atoms with Crippen molar-refractivity contribution in [1.29, 1.82) is 0 Å². The number of rotatable bonds is 10. The van der Waals surface area contributed by atoms with Gasteiger partial charge in [-0.15, -0.1) is 0 Å². The van der Waals surface area contributed by atoms with Crippen LogP contribution in [0, 0.1) is 5.92 Å². The molecule has 39 heavy (non-hydrogen) atoms. The monoisotopic (exact) mass is 534 g/mol. The van der Waals surface area contributed by atoms with Gasteiger partial charge in [-0.1, -0.05) is 50.1 Å². The number of allylic oxidation sites excluding steroid dienone is 1. The lowest BCUT2D eigenvalue weighted by atomic mass is 9.96. The smallest absolute Gasteiger partial charge is 0.415 e. The highest BCUT2D eigenvalue weighted by molar-refractivity contribution is 5.89. The first kappa shape index (κ1) is 27.1. The molecule has 0 bridgehead atoms. The molecule has 2 atom stereocenters. The Morgan fingerprint density at radius 2 is 1.87 bits per heavy atom. The van der Waals surface area contributed by atoms with Crippen LogP contribution in [0.5, 0.6) is 0 Å². The van der Waals surface area contributed by atoms with Crippen molar-refractivity contribution in [3.05, 3.63) is 59.3 Å². The molecule has 1 aromatic carbocycles. The third kappa shape index (κ3) is 6.41. The Morgan fingerprint density at radius 3 is 2.54 bits per heavy atom. The van der Waals surface area contributed by atoms with Crippen molar-refractivity contribution in [2.75, 3.05) is 42.9 Å². The van der Waals surface area contributed by atoms with Gasteiger partial charge in [0, 0.05) is 46.4 Å². The Kier molecular flexibility index (Phi) is 8.45. The van der Waals surface area contributed by atoms with Crippen molar-refractivity contribution >= 4 is 23.8 Å². The second-order valence-electron chi connectivity index (χ2n) is 10.7. The van der Waals surface area contributed by atoms with Gasteiger partial charge in [-0.2, -0.15) is 4.98 Å². The standard InChI is InChI=1S/C30H40N6O3.H2/c1-4-6-7-27(37)35-16-14-34(15-17-35)26(18-22-8-9-22)24-12-10-23(11-13-24)21(3)32-29-31-19-25-20-39-30(38)36(5-2)28(25)33-29;/h6-7,10-13,19,21-22,26H,4-5,8-9,14-18,20H2,1-3H3,(H,31,32,33);1H/b7-6+;/t21-,26-;/m0./s1. The van der Waals surface area contributed by atoms with Crippen molar-refractivity contribution in [1.82, 2.24) is 19.8 Å². The molecule has 0 unspecified atom stereocenters. The van der Waals surface area contributed by atoms with Gasteiger partial charge in [0.05, 0.1) is 11.6 Å². The summed E-state index contributed by atoms with van der Waals surface area (Å²) in [6, 6.07) is 9.26. The van der Waals surface area contributed by atoms with Crippen LogP contribution in [0.15, 0.2) is 42.6 Å². The predicted molar refractivity (Wildman–Crippen MR) is 153 cm³/mol. The van der Waals surface area contributed by atoms with Crippen LogP contribution in [0.1, 0.15) is 76.7 Å². The van der Waals surface area contributed by atoms with Crippen LogP contribution in [0.2, 0.25) is 0 Å². The average molecular weight is 535 g/mol. The number of cyclic esters (lactones) is 1. The minimum absolute atomic E-state index is 0. The zero-order valence-corrected chi connectivity index (χ0v) is 23.3. The number of piperazine rings is 1. The predicted octanol–water partition coefficient (Wildman–Crippen LogP) is 5.32. The molecule has 1 aromatic heterocycles. The number of carbonyl (C=O) groups excluding carboxylic acids is 2. The summed E-state index contributed by atoms with van der Waals surface area (Å²) in [7, 11) is 0. The normalized spacial score (nSPS) is 19.5. The minimum Gasteiger partial charge on any atom is -0.444 e. The molecule has 9 heteroatoms. The Hall–Kier alpha value is -3.46. The zero-order valence-electron chi connectivity index (χ0n) is 23.3. The van der Waals surface area contributed by atoms with E-state index in [1.807, 2.05) is 24.8 Å². The second kappa shape index (κ2) is 12.2. The van der Waals surface area contributed by atoms with Gasteiger partial charge in [0.15, 0.2) is 0 Å². The summed E-state index contributed by atoms with van der Waals surface area (Å²) < 4.78 is 5.19. The number of amides is 2. The summed E-state index contributed by atoms with van der Waals surface area (Å²) in [5.41, 5.74) is 3.30. The number of benzene rings is 1. The molecule has 2 amide bonds. The van der Waals surface area contributed by atoms with Gasteiger partial charge in [0.1, 0.15) is 12.4 Å². The highest BCUT2D eigenvalue weighted by atomic mass is 16.6. The topological polar surface area (TPSA) is 90.9 Å². The molecule has 0 radical (unpaired) electrons. The van der Waals surface area contributed by atoms with Crippen molar-refractivity contribution < 1.29 is 15.8 Å². The number of hydrogen-bond acceptors (Lipinski definition) is 7. The first-order valence-corrected chi connectivity index (χ1v) is 14.3. The number of hydrogen-bond donors (Lipinski definition) is 1. The van der Waals surface area contributed by atoms with Gasteiger partial charge >= 0.3 is 6.09 Å². The van der Waals surface area contributed by atoms with Crippen molar-refractivity contribution in [3.8, 4) is 0 Å². The minimum atomic E-state index is -0.375. The first-order chi connectivity index (χ1) is 19.0. The van der Waals surface area contributed by atoms with Gasteiger partial charge in [-0.05, 0) is 49.8 Å². The van der Waals surface area contributed by atoms with Gasteiger partial charge in [-0.3, -0.25) is 14.6 Å². The van der Waals surface area contributed by atoms with Crippen molar-refractivity contribution in [3.63, 3.8) is 0 Å². The van der Waals surface area contributed by atoms with Gasteiger partial charge in [0.25, 0.3) is 0 Å². The van der Waals surface area contributed by atoms with E-state index >= 15 is 0 Å². The summed E-state index contributed by atoms with van der Waals surface area (Å²) in [6.45, 7) is 10.1. The van der Waals surface area contributed by atoms with Crippen LogP contribution in [0.25, 0.3) is 0 Å². The summed E-state index contributed by atoms with van der Waals surface area (Å²) in [5, 5.41) is 3.40. The van der Waals surface area contributed by atoms with E-state index in [-0.39, 0.29) is 26.1 Å². The fourth-order valence-corrected chi connectivity index (χ4v) is 5.41. The van der Waals surface area contributed by atoms with E-state index in [9.17, 15) is 9.59 Å². The maximum atomic E-state index is 12.4. The highest BCUT2D eigenvalue weighted by Gasteiger charge is 2.32. The lowest BCUT2D eigenvalue weighted by molar-refractivity contribution is -0.128. The number of nitrogens with zero attached hydrogens (tertiary/aromatic N) is 5. The van der Waals surface area contributed by atoms with Crippen LogP contribution in [-0.2, 0) is 16.1 Å². The Balaban J connectivity index is 0.00000370. The Bertz CT molecular complexity index is 1190. The molecule has 0 spiro atoms. The quantitative estimate of drug-likeness (QED) is 0.412. The first-order valence-electron chi connectivity index (χ1n) is 14.3. The number of ether oxygens (including phenoxy) is 1. The number of aromatic nitrogens is 2. The Labute approximate surface area is 232 Å². The molecule has 2 aromatic rings. The van der Waals surface area contributed by atoms with Crippen molar-refractivity contribution in [2.24, 2.45) is 5.92 Å². The highest BCUT2D eigenvalue weighted by Crippen LogP contribution is 2.40. The molecule has 5 rings (SSSR count). The number of carbonyl (C=O) groups is 2. The van der Waals surface area contributed by atoms with Gasteiger partial charge in [-0.25, -0.2) is 9.78 Å². The van der Waals surface area contributed by atoms with E-state index in [1.54, 1.807) is 12.3 Å². The van der Waals surface area contributed by atoms with E-state index in [2.05, 4.69) is 51.4 Å². The zero-order chi connectivity index (χ0) is 27.4. The molecule has 1 aliphatic carbocycles. The molecular weight excluding hydrogens is 492 g/mol. The lowest BCUT2D eigenvalue weighted by Crippen LogP contribution is -2.49. The molecule has 9 nitrogen and oxygen atoms in total. The van der Waals surface area contributed by atoms with Crippen LogP contribution in [-0.4, -0.2) is 64.5 Å². The molecule has 3 aliphatic rings.